The Morgan fingerprint density at radius 3 is 2.69 bits per heavy atom. The number of halogens is 1. The van der Waals surface area contributed by atoms with Crippen LogP contribution in [-0.4, -0.2) is 60.0 Å². The quantitative estimate of drug-likeness (QED) is 0.593. The Morgan fingerprint density at radius 1 is 1.16 bits per heavy atom. The monoisotopic (exact) mass is 469 g/mol. The van der Waals surface area contributed by atoms with Gasteiger partial charge < -0.3 is 15.1 Å². The molecule has 1 aliphatic carbocycles. The van der Waals surface area contributed by atoms with E-state index < -0.39 is 0 Å². The summed E-state index contributed by atoms with van der Waals surface area (Å²) in [6.07, 6.45) is 5.21. The van der Waals surface area contributed by atoms with Gasteiger partial charge in [0, 0.05) is 42.6 Å². The molecule has 1 saturated heterocycles. The van der Waals surface area contributed by atoms with E-state index in [0.29, 0.717) is 24.7 Å². The standard InChI is InChI=1S/C24H28ClN5OS/c1-2-26-14-19(16-6-8-17(25)9-7-16)24(31)30-12-10-29(11-13-30)22-21-18-4-3-5-20(18)32-23(21)28-15-27-22/h6-9,15,19,26H,2-5,10-14H2,1H3. The van der Waals surface area contributed by atoms with E-state index in [-0.39, 0.29) is 11.8 Å². The SMILES string of the molecule is CCNCC(C(=O)N1CCN(c2ncnc3sc4c(c23)CCC4)CC1)c1ccc(Cl)cc1. The van der Waals surface area contributed by atoms with Crippen LogP contribution in [0.3, 0.4) is 0 Å². The molecule has 0 radical (unpaired) electrons. The van der Waals surface area contributed by atoms with Crippen molar-refractivity contribution < 1.29 is 4.79 Å². The molecule has 1 unspecified atom stereocenters. The van der Waals surface area contributed by atoms with Crippen molar-refractivity contribution >= 4 is 44.9 Å². The predicted octanol–water partition coefficient (Wildman–Crippen LogP) is 3.88. The first-order chi connectivity index (χ1) is 15.7. The average Bonchev–Trinajstić information content (AvgIpc) is 3.41. The van der Waals surface area contributed by atoms with E-state index in [1.807, 2.05) is 40.5 Å². The van der Waals surface area contributed by atoms with Crippen molar-refractivity contribution in [2.24, 2.45) is 0 Å². The highest BCUT2D eigenvalue weighted by atomic mass is 35.5. The molecule has 1 atom stereocenters. The molecule has 5 rings (SSSR count). The Bertz CT molecular complexity index is 1110. The number of aromatic nitrogens is 2. The Labute approximate surface area is 197 Å². The van der Waals surface area contributed by atoms with Gasteiger partial charge in [-0.05, 0) is 49.1 Å². The lowest BCUT2D eigenvalue weighted by Gasteiger charge is -2.37. The number of fused-ring (bicyclic) bond motifs is 3. The van der Waals surface area contributed by atoms with Crippen molar-refractivity contribution in [3.05, 3.63) is 51.6 Å². The summed E-state index contributed by atoms with van der Waals surface area (Å²) in [4.78, 5) is 29.6. The molecule has 3 heterocycles. The number of rotatable bonds is 6. The van der Waals surface area contributed by atoms with Crippen molar-refractivity contribution in [1.82, 2.24) is 20.2 Å². The number of nitrogens with zero attached hydrogens (tertiary/aromatic N) is 4. The van der Waals surface area contributed by atoms with Crippen molar-refractivity contribution in [2.45, 2.75) is 32.1 Å². The minimum Gasteiger partial charge on any atom is -0.352 e. The first-order valence-electron chi connectivity index (χ1n) is 11.4. The fourth-order valence-corrected chi connectivity index (χ4v) is 6.19. The van der Waals surface area contributed by atoms with Crippen LogP contribution in [0, 0.1) is 0 Å². The molecular formula is C24H28ClN5OS. The number of amides is 1. The van der Waals surface area contributed by atoms with Gasteiger partial charge >= 0.3 is 0 Å². The van der Waals surface area contributed by atoms with Crippen molar-refractivity contribution in [2.75, 3.05) is 44.2 Å². The van der Waals surface area contributed by atoms with Gasteiger partial charge in [0.15, 0.2) is 0 Å². The molecule has 1 aromatic carbocycles. The van der Waals surface area contributed by atoms with Gasteiger partial charge in [-0.1, -0.05) is 30.7 Å². The highest BCUT2D eigenvalue weighted by Crippen LogP contribution is 2.40. The minimum absolute atomic E-state index is 0.178. The van der Waals surface area contributed by atoms with E-state index in [4.69, 9.17) is 11.6 Å². The number of aryl methyl sites for hydroxylation is 2. The van der Waals surface area contributed by atoms with Crippen LogP contribution in [0.5, 0.6) is 0 Å². The van der Waals surface area contributed by atoms with Gasteiger partial charge in [0.25, 0.3) is 0 Å². The molecule has 2 aromatic heterocycles. The molecule has 1 N–H and O–H groups in total. The minimum atomic E-state index is -0.204. The highest BCUT2D eigenvalue weighted by molar-refractivity contribution is 7.19. The number of benzene rings is 1. The number of hydrogen-bond donors (Lipinski definition) is 1. The number of carbonyl (C=O) groups is 1. The second-order valence-electron chi connectivity index (χ2n) is 8.46. The van der Waals surface area contributed by atoms with Crippen LogP contribution in [0.4, 0.5) is 5.82 Å². The summed E-state index contributed by atoms with van der Waals surface area (Å²) >= 11 is 7.89. The number of carbonyl (C=O) groups excluding carboxylic acids is 1. The van der Waals surface area contributed by atoms with E-state index in [1.54, 1.807) is 6.33 Å². The number of hydrogen-bond acceptors (Lipinski definition) is 6. The van der Waals surface area contributed by atoms with Crippen molar-refractivity contribution in [3.8, 4) is 0 Å². The fourth-order valence-electron chi connectivity index (χ4n) is 4.84. The van der Waals surface area contributed by atoms with Gasteiger partial charge in [-0.15, -0.1) is 11.3 Å². The second-order valence-corrected chi connectivity index (χ2v) is 9.98. The summed E-state index contributed by atoms with van der Waals surface area (Å²) in [7, 11) is 0. The van der Waals surface area contributed by atoms with Crippen LogP contribution in [0.2, 0.25) is 5.02 Å². The van der Waals surface area contributed by atoms with Crippen LogP contribution in [0.25, 0.3) is 10.2 Å². The highest BCUT2D eigenvalue weighted by Gasteiger charge is 2.30. The fraction of sp³-hybridized carbons (Fsp3) is 0.458. The van der Waals surface area contributed by atoms with Crippen LogP contribution < -0.4 is 10.2 Å². The summed E-state index contributed by atoms with van der Waals surface area (Å²) in [5.41, 5.74) is 2.46. The number of piperazine rings is 1. The second kappa shape index (κ2) is 9.33. The number of likely N-dealkylation sites (N-methyl/N-ethyl adjacent to an activating group) is 1. The molecule has 6 nitrogen and oxygen atoms in total. The first kappa shape index (κ1) is 21.6. The summed E-state index contributed by atoms with van der Waals surface area (Å²) in [6, 6.07) is 7.65. The van der Waals surface area contributed by atoms with E-state index >= 15 is 0 Å². The largest absolute Gasteiger partial charge is 0.352 e. The van der Waals surface area contributed by atoms with E-state index in [1.165, 1.54) is 22.2 Å². The van der Waals surface area contributed by atoms with Crippen LogP contribution >= 0.6 is 22.9 Å². The molecule has 2 aliphatic rings. The maximum Gasteiger partial charge on any atom is 0.231 e. The third-order valence-electron chi connectivity index (χ3n) is 6.54. The summed E-state index contributed by atoms with van der Waals surface area (Å²) < 4.78 is 0. The number of nitrogens with one attached hydrogen (secondary N) is 1. The third-order valence-corrected chi connectivity index (χ3v) is 7.99. The first-order valence-corrected chi connectivity index (χ1v) is 12.6. The van der Waals surface area contributed by atoms with Crippen molar-refractivity contribution in [3.63, 3.8) is 0 Å². The summed E-state index contributed by atoms with van der Waals surface area (Å²) in [5.74, 6) is 1.02. The van der Waals surface area contributed by atoms with Gasteiger partial charge in [0.05, 0.1) is 11.3 Å². The number of thiophene rings is 1. The van der Waals surface area contributed by atoms with Crippen molar-refractivity contribution in [1.29, 1.82) is 0 Å². The maximum atomic E-state index is 13.5. The van der Waals surface area contributed by atoms with Gasteiger partial charge in [0.1, 0.15) is 17.0 Å². The van der Waals surface area contributed by atoms with Gasteiger partial charge in [-0.25, -0.2) is 9.97 Å². The number of anilines is 1. The Balaban J connectivity index is 1.32. The zero-order valence-corrected chi connectivity index (χ0v) is 19.9. The lowest BCUT2D eigenvalue weighted by molar-refractivity contribution is -0.133. The third kappa shape index (κ3) is 4.09. The smallest absolute Gasteiger partial charge is 0.231 e. The van der Waals surface area contributed by atoms with E-state index in [9.17, 15) is 4.79 Å². The molecule has 8 heteroatoms. The normalized spacial score (nSPS) is 17.1. The lowest BCUT2D eigenvalue weighted by atomic mass is 9.97. The molecule has 1 fully saturated rings. The van der Waals surface area contributed by atoms with Gasteiger partial charge in [-0.2, -0.15) is 0 Å². The molecule has 0 saturated carbocycles. The van der Waals surface area contributed by atoms with Crippen LogP contribution in [-0.2, 0) is 17.6 Å². The molecular weight excluding hydrogens is 442 g/mol. The Hall–Kier alpha value is -2.22. The van der Waals surface area contributed by atoms with Gasteiger partial charge in [-0.3, -0.25) is 4.79 Å². The lowest BCUT2D eigenvalue weighted by Crippen LogP contribution is -2.51. The predicted molar refractivity (Wildman–Crippen MR) is 131 cm³/mol. The average molecular weight is 470 g/mol. The molecule has 0 bridgehead atoms. The molecule has 0 spiro atoms. The van der Waals surface area contributed by atoms with E-state index in [0.717, 1.165) is 48.7 Å². The topological polar surface area (TPSA) is 61.4 Å². The molecule has 1 aliphatic heterocycles. The maximum absolute atomic E-state index is 13.5. The Kier molecular flexibility index (Phi) is 6.31. The molecule has 3 aromatic rings. The zero-order valence-electron chi connectivity index (χ0n) is 18.3. The molecule has 1 amide bonds. The molecule has 32 heavy (non-hydrogen) atoms. The summed E-state index contributed by atoms with van der Waals surface area (Å²) in [5, 5.41) is 5.28. The van der Waals surface area contributed by atoms with Crippen LogP contribution in [0.1, 0.15) is 35.3 Å². The Morgan fingerprint density at radius 2 is 1.94 bits per heavy atom. The zero-order chi connectivity index (χ0) is 22.1. The van der Waals surface area contributed by atoms with Crippen LogP contribution in [0.15, 0.2) is 30.6 Å². The van der Waals surface area contributed by atoms with E-state index in [2.05, 4.69) is 27.1 Å². The molecule has 168 valence electrons. The summed E-state index contributed by atoms with van der Waals surface area (Å²) in [6.45, 7) is 6.50. The van der Waals surface area contributed by atoms with Gasteiger partial charge in [0.2, 0.25) is 5.91 Å².